The van der Waals surface area contributed by atoms with Gasteiger partial charge < -0.3 is 9.80 Å². The third kappa shape index (κ3) is 4.92. The first-order valence-electron chi connectivity index (χ1n) is 18.9. The van der Waals surface area contributed by atoms with E-state index in [2.05, 4.69) is 210 Å². The summed E-state index contributed by atoms with van der Waals surface area (Å²) in [5, 5.41) is 0. The van der Waals surface area contributed by atoms with Crippen molar-refractivity contribution in [3.05, 3.63) is 191 Å². The van der Waals surface area contributed by atoms with Gasteiger partial charge in [0.1, 0.15) is 0 Å². The number of rotatable bonds is 6. The molecule has 0 radical (unpaired) electrons. The zero-order valence-electron chi connectivity index (χ0n) is 31.8. The van der Waals surface area contributed by atoms with Gasteiger partial charge in [0.25, 0.3) is 0 Å². The molecule has 0 spiro atoms. The molecule has 2 nitrogen and oxygen atoms in total. The quantitative estimate of drug-likeness (QED) is 0.172. The van der Waals surface area contributed by atoms with Crippen molar-refractivity contribution in [1.29, 1.82) is 0 Å². The summed E-state index contributed by atoms with van der Waals surface area (Å²) in [4.78, 5) is 4.78. The smallest absolute Gasteiger partial charge is 0.0467 e. The van der Waals surface area contributed by atoms with E-state index >= 15 is 0 Å². The summed E-state index contributed by atoms with van der Waals surface area (Å²) in [7, 11) is 0. The van der Waals surface area contributed by atoms with Crippen molar-refractivity contribution in [3.63, 3.8) is 0 Å². The second-order valence-electron chi connectivity index (χ2n) is 15.9. The van der Waals surface area contributed by atoms with Crippen molar-refractivity contribution in [2.45, 2.75) is 59.3 Å². The fourth-order valence-corrected chi connectivity index (χ4v) is 9.81. The Balaban J connectivity index is 1.22. The first kappa shape index (κ1) is 33.0. The molecule has 2 aliphatic rings. The maximum absolute atomic E-state index is 2.47. The zero-order valence-corrected chi connectivity index (χ0v) is 31.8. The van der Waals surface area contributed by atoms with Crippen molar-refractivity contribution < 1.29 is 0 Å². The van der Waals surface area contributed by atoms with Gasteiger partial charge in [0, 0.05) is 45.0 Å². The minimum atomic E-state index is -0.182. The van der Waals surface area contributed by atoms with Crippen LogP contribution in [0.3, 0.4) is 0 Å². The Morgan fingerprint density at radius 1 is 0.358 bits per heavy atom. The van der Waals surface area contributed by atoms with Crippen LogP contribution < -0.4 is 9.80 Å². The zero-order chi connectivity index (χ0) is 36.6. The molecule has 0 atom stereocenters. The van der Waals surface area contributed by atoms with Crippen LogP contribution in [0.25, 0.3) is 22.3 Å². The molecule has 0 amide bonds. The molecule has 2 aliphatic carbocycles. The average Bonchev–Trinajstić information content (AvgIpc) is 3.56. The maximum Gasteiger partial charge on any atom is 0.0467 e. The molecule has 260 valence electrons. The molecule has 7 aromatic rings. The number of hydrogen-bond acceptors (Lipinski definition) is 2. The van der Waals surface area contributed by atoms with Crippen molar-refractivity contribution in [3.8, 4) is 22.3 Å². The van der Waals surface area contributed by atoms with Crippen LogP contribution in [0.4, 0.5) is 34.1 Å². The van der Waals surface area contributed by atoms with Crippen LogP contribution in [0.2, 0.25) is 0 Å². The Labute approximate surface area is 315 Å². The predicted octanol–water partition coefficient (Wildman–Crippen LogP) is 14.2. The van der Waals surface area contributed by atoms with Gasteiger partial charge in [-0.25, -0.2) is 0 Å². The van der Waals surface area contributed by atoms with Crippen LogP contribution in [0.15, 0.2) is 152 Å². The first-order valence-corrected chi connectivity index (χ1v) is 18.9. The van der Waals surface area contributed by atoms with Gasteiger partial charge in [0.15, 0.2) is 0 Å². The van der Waals surface area contributed by atoms with Gasteiger partial charge >= 0.3 is 0 Å². The van der Waals surface area contributed by atoms with Gasteiger partial charge in [-0.1, -0.05) is 107 Å². The van der Waals surface area contributed by atoms with E-state index in [0.29, 0.717) is 0 Å². The van der Waals surface area contributed by atoms with Gasteiger partial charge in [-0.15, -0.1) is 0 Å². The van der Waals surface area contributed by atoms with Crippen LogP contribution in [-0.2, 0) is 10.8 Å². The molecule has 7 aromatic carbocycles. The molecule has 0 bridgehead atoms. The molecule has 9 rings (SSSR count). The number of para-hydroxylation sites is 4. The van der Waals surface area contributed by atoms with Gasteiger partial charge in [-0.3, -0.25) is 0 Å². The fourth-order valence-electron chi connectivity index (χ4n) is 9.81. The fraction of sp³-hybridized carbons (Fsp3) is 0.176. The molecule has 53 heavy (non-hydrogen) atoms. The topological polar surface area (TPSA) is 6.48 Å². The van der Waals surface area contributed by atoms with Crippen LogP contribution in [0, 0.1) is 20.8 Å². The summed E-state index contributed by atoms with van der Waals surface area (Å²) in [6, 6.07) is 55.0. The number of fused-ring (bicyclic) bond motifs is 6. The number of hydrogen-bond donors (Lipinski definition) is 0. The third-order valence-corrected chi connectivity index (χ3v) is 12.0. The van der Waals surface area contributed by atoms with Crippen molar-refractivity contribution in [2.24, 2.45) is 0 Å². The number of nitrogens with zero attached hydrogens (tertiary/aromatic N) is 2. The van der Waals surface area contributed by atoms with Crippen LogP contribution >= 0.6 is 0 Å². The van der Waals surface area contributed by atoms with Crippen molar-refractivity contribution in [1.82, 2.24) is 0 Å². The van der Waals surface area contributed by atoms with E-state index in [1.54, 1.807) is 0 Å². The van der Waals surface area contributed by atoms with E-state index < -0.39 is 0 Å². The Hall–Kier alpha value is -5.86. The molecule has 0 aromatic heterocycles. The normalized spacial score (nSPS) is 14.2. The van der Waals surface area contributed by atoms with Crippen LogP contribution in [0.5, 0.6) is 0 Å². The van der Waals surface area contributed by atoms with Crippen LogP contribution in [-0.4, -0.2) is 0 Å². The second kappa shape index (κ2) is 12.1. The van der Waals surface area contributed by atoms with Crippen molar-refractivity contribution in [2.75, 3.05) is 9.80 Å². The number of anilines is 6. The highest BCUT2D eigenvalue weighted by Crippen LogP contribution is 2.61. The minimum absolute atomic E-state index is 0.179. The Kier molecular flexibility index (Phi) is 7.54. The standard InChI is InChI=1S/C51H46N2/c1-33-30-41(53(38-24-16-10-17-25-38)39-26-18-11-19-27-39)32-44-45(33)47-35(3)48-46(34(2)49(47)51(44,6)7)42-29-28-40(31-43(42)50(48,4)5)52(36-20-12-8-13-21-36)37-22-14-9-15-23-37/h8-32H,1-7H3. The van der Waals surface area contributed by atoms with Crippen LogP contribution in [0.1, 0.15) is 66.6 Å². The first-order chi connectivity index (χ1) is 25.6. The number of benzene rings is 7. The number of aryl methyl sites for hydroxylation is 1. The highest BCUT2D eigenvalue weighted by Gasteiger charge is 2.46. The lowest BCUT2D eigenvalue weighted by Gasteiger charge is -2.30. The van der Waals surface area contributed by atoms with Gasteiger partial charge in [-0.2, -0.15) is 0 Å². The monoisotopic (exact) mass is 686 g/mol. The Morgan fingerprint density at radius 2 is 0.755 bits per heavy atom. The lowest BCUT2D eigenvalue weighted by atomic mass is 9.74. The Bertz CT molecular complexity index is 2430. The summed E-state index contributed by atoms with van der Waals surface area (Å²) in [5.74, 6) is 0. The highest BCUT2D eigenvalue weighted by atomic mass is 15.1. The van der Waals surface area contributed by atoms with E-state index in [0.717, 1.165) is 22.7 Å². The molecule has 0 saturated carbocycles. The van der Waals surface area contributed by atoms with E-state index in [1.165, 1.54) is 72.6 Å². The Morgan fingerprint density at radius 3 is 1.25 bits per heavy atom. The second-order valence-corrected chi connectivity index (χ2v) is 15.9. The molecule has 0 N–H and O–H groups in total. The van der Waals surface area contributed by atoms with Crippen molar-refractivity contribution >= 4 is 34.1 Å². The largest absolute Gasteiger partial charge is 0.310 e. The maximum atomic E-state index is 2.47. The molecule has 2 heteroatoms. The molecule has 0 saturated heterocycles. The summed E-state index contributed by atoms with van der Waals surface area (Å²) >= 11 is 0. The summed E-state index contributed by atoms with van der Waals surface area (Å²) in [5.41, 5.74) is 22.2. The summed E-state index contributed by atoms with van der Waals surface area (Å²) in [6.07, 6.45) is 0. The summed E-state index contributed by atoms with van der Waals surface area (Å²) in [6.45, 7) is 16.9. The molecule has 0 unspecified atom stereocenters. The third-order valence-electron chi connectivity index (χ3n) is 12.0. The van der Waals surface area contributed by atoms with Gasteiger partial charge in [-0.05, 0) is 155 Å². The van der Waals surface area contributed by atoms with E-state index in [-0.39, 0.29) is 10.8 Å². The molecule has 0 fully saturated rings. The lowest BCUT2D eigenvalue weighted by Crippen LogP contribution is -2.20. The molecule has 0 heterocycles. The lowest BCUT2D eigenvalue weighted by molar-refractivity contribution is 0.645. The predicted molar refractivity (Wildman–Crippen MR) is 225 cm³/mol. The van der Waals surface area contributed by atoms with E-state index in [9.17, 15) is 0 Å². The molecular formula is C51H46N2. The van der Waals surface area contributed by atoms with Gasteiger partial charge in [0.2, 0.25) is 0 Å². The highest BCUT2D eigenvalue weighted by molar-refractivity contribution is 5.97. The van der Waals surface area contributed by atoms with Gasteiger partial charge in [0.05, 0.1) is 0 Å². The molecular weight excluding hydrogens is 641 g/mol. The van der Waals surface area contributed by atoms with E-state index in [1.807, 2.05) is 0 Å². The summed E-state index contributed by atoms with van der Waals surface area (Å²) < 4.78 is 0. The SMILES string of the molecule is Cc1cc(N(c2ccccc2)c2ccccc2)cc2c1-c1c(C)c3c(c(C)c1C2(C)C)-c1ccc(N(c2ccccc2)c2ccccc2)cc1C3(C)C. The molecule has 0 aliphatic heterocycles. The van der Waals surface area contributed by atoms with E-state index in [4.69, 9.17) is 0 Å². The minimum Gasteiger partial charge on any atom is -0.310 e. The average molecular weight is 687 g/mol.